The molecular formula is C16H23NO3. The third kappa shape index (κ3) is 3.83. The predicted molar refractivity (Wildman–Crippen MR) is 78.4 cm³/mol. The summed E-state index contributed by atoms with van der Waals surface area (Å²) in [6.45, 7) is 7.78. The van der Waals surface area contributed by atoms with Crippen LogP contribution in [0.15, 0.2) is 18.2 Å². The van der Waals surface area contributed by atoms with E-state index in [2.05, 4.69) is 6.07 Å². The lowest BCUT2D eigenvalue weighted by atomic mass is 9.94. The molecule has 0 heterocycles. The molecule has 1 amide bonds. The topological polar surface area (TPSA) is 57.6 Å². The van der Waals surface area contributed by atoms with Gasteiger partial charge in [0.25, 0.3) is 0 Å². The molecule has 0 aliphatic rings. The number of benzene rings is 1. The second kappa shape index (κ2) is 6.55. The second-order valence-electron chi connectivity index (χ2n) is 5.54. The SMILES string of the molecule is Cc1ccc(CN(C)C(=O)C(C)C(C)C(=O)O)c(C)c1. The van der Waals surface area contributed by atoms with Gasteiger partial charge in [-0.2, -0.15) is 0 Å². The van der Waals surface area contributed by atoms with E-state index in [1.165, 1.54) is 5.56 Å². The Morgan fingerprint density at radius 2 is 1.80 bits per heavy atom. The highest BCUT2D eigenvalue weighted by atomic mass is 16.4. The first-order valence-electron chi connectivity index (χ1n) is 6.78. The van der Waals surface area contributed by atoms with Gasteiger partial charge >= 0.3 is 5.97 Å². The summed E-state index contributed by atoms with van der Waals surface area (Å²) >= 11 is 0. The van der Waals surface area contributed by atoms with Crippen LogP contribution in [0.3, 0.4) is 0 Å². The molecule has 1 N–H and O–H groups in total. The zero-order valence-corrected chi connectivity index (χ0v) is 12.8. The maximum Gasteiger partial charge on any atom is 0.307 e. The van der Waals surface area contributed by atoms with Gasteiger partial charge in [-0.25, -0.2) is 0 Å². The van der Waals surface area contributed by atoms with Crippen molar-refractivity contribution in [2.24, 2.45) is 11.8 Å². The van der Waals surface area contributed by atoms with Crippen molar-refractivity contribution in [3.63, 3.8) is 0 Å². The Balaban J connectivity index is 2.77. The van der Waals surface area contributed by atoms with Crippen LogP contribution >= 0.6 is 0 Å². The van der Waals surface area contributed by atoms with Gasteiger partial charge in [0.2, 0.25) is 5.91 Å². The zero-order chi connectivity index (χ0) is 15.4. The number of carbonyl (C=O) groups is 2. The number of aliphatic carboxylic acids is 1. The quantitative estimate of drug-likeness (QED) is 0.900. The monoisotopic (exact) mass is 277 g/mol. The minimum atomic E-state index is -0.939. The molecule has 1 rings (SSSR count). The summed E-state index contributed by atoms with van der Waals surface area (Å²) in [4.78, 5) is 24.8. The van der Waals surface area contributed by atoms with E-state index in [0.29, 0.717) is 6.54 Å². The highest BCUT2D eigenvalue weighted by Gasteiger charge is 2.28. The van der Waals surface area contributed by atoms with E-state index in [4.69, 9.17) is 5.11 Å². The molecule has 0 aromatic heterocycles. The lowest BCUT2D eigenvalue weighted by Gasteiger charge is -2.24. The van der Waals surface area contributed by atoms with Gasteiger partial charge in [-0.05, 0) is 25.0 Å². The molecule has 4 heteroatoms. The number of rotatable bonds is 5. The number of carboxylic acid groups (broad SMARTS) is 1. The summed E-state index contributed by atoms with van der Waals surface area (Å²) in [5, 5.41) is 8.98. The van der Waals surface area contributed by atoms with E-state index in [0.717, 1.165) is 11.1 Å². The van der Waals surface area contributed by atoms with Crippen LogP contribution in [-0.2, 0) is 16.1 Å². The molecule has 0 bridgehead atoms. The Labute approximate surface area is 120 Å². The van der Waals surface area contributed by atoms with Crippen LogP contribution in [0.2, 0.25) is 0 Å². The first-order valence-corrected chi connectivity index (χ1v) is 6.78. The normalized spacial score (nSPS) is 13.7. The summed E-state index contributed by atoms with van der Waals surface area (Å²) in [7, 11) is 1.71. The molecule has 110 valence electrons. The smallest absolute Gasteiger partial charge is 0.307 e. The molecule has 0 aliphatic carbocycles. The second-order valence-corrected chi connectivity index (χ2v) is 5.54. The highest BCUT2D eigenvalue weighted by molar-refractivity contribution is 5.84. The van der Waals surface area contributed by atoms with Gasteiger partial charge in [-0.1, -0.05) is 37.6 Å². The fourth-order valence-corrected chi connectivity index (χ4v) is 2.13. The van der Waals surface area contributed by atoms with E-state index in [1.54, 1.807) is 25.8 Å². The highest BCUT2D eigenvalue weighted by Crippen LogP contribution is 2.17. The van der Waals surface area contributed by atoms with Crippen molar-refractivity contribution in [2.75, 3.05) is 7.05 Å². The molecule has 0 saturated heterocycles. The van der Waals surface area contributed by atoms with Crippen molar-refractivity contribution in [1.29, 1.82) is 0 Å². The van der Waals surface area contributed by atoms with Gasteiger partial charge in [0.15, 0.2) is 0 Å². The average molecular weight is 277 g/mol. The Morgan fingerprint density at radius 3 is 2.30 bits per heavy atom. The lowest BCUT2D eigenvalue weighted by Crippen LogP contribution is -2.36. The van der Waals surface area contributed by atoms with Crippen molar-refractivity contribution < 1.29 is 14.7 Å². The van der Waals surface area contributed by atoms with Crippen LogP contribution in [0.4, 0.5) is 0 Å². The average Bonchev–Trinajstić information content (AvgIpc) is 2.39. The van der Waals surface area contributed by atoms with Crippen LogP contribution < -0.4 is 0 Å². The van der Waals surface area contributed by atoms with Crippen LogP contribution in [0.1, 0.15) is 30.5 Å². The largest absolute Gasteiger partial charge is 0.481 e. The Bertz CT molecular complexity index is 510. The van der Waals surface area contributed by atoms with Crippen molar-refractivity contribution in [3.8, 4) is 0 Å². The predicted octanol–water partition coefficient (Wildman–Crippen LogP) is 2.62. The van der Waals surface area contributed by atoms with Gasteiger partial charge in [0.05, 0.1) is 5.92 Å². The molecule has 1 aromatic carbocycles. The van der Waals surface area contributed by atoms with E-state index < -0.39 is 17.8 Å². The minimum absolute atomic E-state index is 0.139. The fraction of sp³-hybridized carbons (Fsp3) is 0.500. The molecule has 0 fully saturated rings. The number of hydrogen-bond acceptors (Lipinski definition) is 2. The van der Waals surface area contributed by atoms with Crippen LogP contribution in [0.5, 0.6) is 0 Å². The van der Waals surface area contributed by atoms with Crippen LogP contribution in [0, 0.1) is 25.7 Å². The summed E-state index contributed by atoms with van der Waals surface area (Å²) < 4.78 is 0. The minimum Gasteiger partial charge on any atom is -0.481 e. The molecule has 1 aromatic rings. The Kier molecular flexibility index (Phi) is 5.31. The maximum atomic E-state index is 12.2. The Hall–Kier alpha value is -1.84. The van der Waals surface area contributed by atoms with Gasteiger partial charge in [-0.15, -0.1) is 0 Å². The first kappa shape index (κ1) is 16.2. The number of carbonyl (C=O) groups excluding carboxylic acids is 1. The van der Waals surface area contributed by atoms with Gasteiger partial charge in [-0.3, -0.25) is 9.59 Å². The number of hydrogen-bond donors (Lipinski definition) is 1. The van der Waals surface area contributed by atoms with E-state index in [9.17, 15) is 9.59 Å². The standard InChI is InChI=1S/C16H23NO3/c1-10-6-7-14(11(2)8-10)9-17(5)15(18)12(3)13(4)16(19)20/h6-8,12-13H,9H2,1-5H3,(H,19,20). The van der Waals surface area contributed by atoms with E-state index in [1.807, 2.05) is 26.0 Å². The molecule has 0 aliphatic heterocycles. The molecule has 2 unspecified atom stereocenters. The summed E-state index contributed by atoms with van der Waals surface area (Å²) in [5.41, 5.74) is 3.42. The van der Waals surface area contributed by atoms with Gasteiger partial charge in [0, 0.05) is 19.5 Å². The molecule has 20 heavy (non-hydrogen) atoms. The van der Waals surface area contributed by atoms with Gasteiger partial charge < -0.3 is 10.0 Å². The third-order valence-electron chi connectivity index (χ3n) is 3.81. The van der Waals surface area contributed by atoms with Crippen molar-refractivity contribution in [1.82, 2.24) is 4.90 Å². The molecule has 0 radical (unpaired) electrons. The summed E-state index contributed by atoms with van der Waals surface area (Å²) in [5.74, 6) is -2.28. The van der Waals surface area contributed by atoms with Crippen molar-refractivity contribution in [3.05, 3.63) is 34.9 Å². The molecular weight excluding hydrogens is 254 g/mol. The zero-order valence-electron chi connectivity index (χ0n) is 12.8. The number of amides is 1. The van der Waals surface area contributed by atoms with E-state index in [-0.39, 0.29) is 5.91 Å². The Morgan fingerprint density at radius 1 is 1.20 bits per heavy atom. The maximum absolute atomic E-state index is 12.2. The number of nitrogens with zero attached hydrogens (tertiary/aromatic N) is 1. The molecule has 0 spiro atoms. The fourth-order valence-electron chi connectivity index (χ4n) is 2.13. The van der Waals surface area contributed by atoms with E-state index >= 15 is 0 Å². The number of aryl methyl sites for hydroxylation is 2. The third-order valence-corrected chi connectivity index (χ3v) is 3.81. The van der Waals surface area contributed by atoms with Crippen LogP contribution in [-0.4, -0.2) is 28.9 Å². The van der Waals surface area contributed by atoms with Crippen molar-refractivity contribution in [2.45, 2.75) is 34.2 Å². The summed E-state index contributed by atoms with van der Waals surface area (Å²) in [6.07, 6.45) is 0. The van der Waals surface area contributed by atoms with Gasteiger partial charge in [0.1, 0.15) is 0 Å². The molecule has 2 atom stereocenters. The lowest BCUT2D eigenvalue weighted by molar-refractivity contribution is -0.148. The summed E-state index contributed by atoms with van der Waals surface area (Å²) in [6, 6.07) is 6.11. The first-order chi connectivity index (χ1) is 9.23. The number of carboxylic acids is 1. The van der Waals surface area contributed by atoms with Crippen LogP contribution in [0.25, 0.3) is 0 Å². The molecule has 4 nitrogen and oxygen atoms in total. The molecule has 0 saturated carbocycles. The van der Waals surface area contributed by atoms with Crippen molar-refractivity contribution >= 4 is 11.9 Å².